The maximum Gasteiger partial charge on any atom is 0.252 e. The summed E-state index contributed by atoms with van der Waals surface area (Å²) in [7, 11) is -3.30. The van der Waals surface area contributed by atoms with E-state index in [0.717, 1.165) is 27.6 Å². The van der Waals surface area contributed by atoms with Gasteiger partial charge in [-0.25, -0.2) is 18.4 Å². The van der Waals surface area contributed by atoms with Crippen LogP contribution < -0.4 is 9.80 Å². The number of carbonyl (C=O) groups is 1. The predicted octanol–water partition coefficient (Wildman–Crippen LogP) is 3.09. The predicted molar refractivity (Wildman–Crippen MR) is 137 cm³/mol. The SMILES string of the molecule is Cc1cccc2c(-c3ncc4c(n3)N3CCOCC3C(=O)N4Cc3ccc(S(C)(=O)=O)cc3)c[nH]c12. The average molecular weight is 504 g/mol. The molecule has 10 heteroatoms. The number of amides is 1. The highest BCUT2D eigenvalue weighted by Crippen LogP contribution is 2.38. The smallest absolute Gasteiger partial charge is 0.252 e. The average Bonchev–Trinajstić information content (AvgIpc) is 3.32. The number of nitrogens with one attached hydrogen (secondary N) is 1. The lowest BCUT2D eigenvalue weighted by atomic mass is 10.1. The van der Waals surface area contributed by atoms with Crippen LogP contribution in [0.3, 0.4) is 0 Å². The Hall–Kier alpha value is -3.76. The number of aromatic nitrogens is 3. The lowest BCUT2D eigenvalue weighted by molar-refractivity contribution is -0.122. The zero-order valence-electron chi connectivity index (χ0n) is 19.9. The Bertz CT molecular complexity index is 1600. The fraction of sp³-hybridized carbons (Fsp3) is 0.269. The van der Waals surface area contributed by atoms with Gasteiger partial charge in [-0.05, 0) is 30.2 Å². The molecule has 36 heavy (non-hydrogen) atoms. The first-order chi connectivity index (χ1) is 17.3. The fourth-order valence-electron chi connectivity index (χ4n) is 4.94. The van der Waals surface area contributed by atoms with E-state index < -0.39 is 15.9 Å². The molecular weight excluding hydrogens is 478 g/mol. The van der Waals surface area contributed by atoms with E-state index >= 15 is 0 Å². The van der Waals surface area contributed by atoms with Crippen LogP contribution in [-0.4, -0.2) is 61.3 Å². The van der Waals surface area contributed by atoms with Gasteiger partial charge in [-0.15, -0.1) is 0 Å². The van der Waals surface area contributed by atoms with Gasteiger partial charge in [0.05, 0.1) is 30.9 Å². The number of anilines is 2. The standard InChI is InChI=1S/C26H25N5O4S/c1-16-4-3-5-19-20(12-27-23(16)19)24-28-13-21-25(29-24)30-10-11-35-15-22(30)26(32)31(21)14-17-6-8-18(9-7-17)36(2,33)34/h3-9,12-13,22,27H,10-11,14-15H2,1-2H3. The van der Waals surface area contributed by atoms with Gasteiger partial charge in [0.1, 0.15) is 11.7 Å². The van der Waals surface area contributed by atoms with E-state index in [1.807, 2.05) is 23.2 Å². The van der Waals surface area contributed by atoms with Gasteiger partial charge in [0, 0.05) is 35.5 Å². The number of rotatable bonds is 4. The van der Waals surface area contributed by atoms with Crippen LogP contribution in [0.5, 0.6) is 0 Å². The molecule has 0 spiro atoms. The summed E-state index contributed by atoms with van der Waals surface area (Å²) in [4.78, 5) is 30.4. The molecule has 2 aromatic carbocycles. The van der Waals surface area contributed by atoms with Crippen molar-refractivity contribution in [2.45, 2.75) is 24.4 Å². The molecule has 0 aliphatic carbocycles. The first kappa shape index (κ1) is 22.7. The van der Waals surface area contributed by atoms with Crippen molar-refractivity contribution >= 4 is 38.2 Å². The molecule has 184 valence electrons. The second kappa shape index (κ2) is 8.42. The van der Waals surface area contributed by atoms with Crippen LogP contribution in [0.4, 0.5) is 11.5 Å². The minimum Gasteiger partial charge on any atom is -0.377 e. The van der Waals surface area contributed by atoms with E-state index in [4.69, 9.17) is 9.72 Å². The molecule has 2 aromatic heterocycles. The number of hydrogen-bond donors (Lipinski definition) is 1. The molecule has 0 saturated carbocycles. The molecule has 4 aromatic rings. The summed E-state index contributed by atoms with van der Waals surface area (Å²) in [6, 6.07) is 12.2. The van der Waals surface area contributed by atoms with Crippen molar-refractivity contribution in [3.05, 3.63) is 66.0 Å². The van der Waals surface area contributed by atoms with E-state index in [-0.39, 0.29) is 24.0 Å². The van der Waals surface area contributed by atoms with Gasteiger partial charge in [0.15, 0.2) is 21.5 Å². The maximum atomic E-state index is 13.5. The molecule has 2 aliphatic heterocycles. The van der Waals surface area contributed by atoms with Gasteiger partial charge < -0.3 is 19.5 Å². The topological polar surface area (TPSA) is 108 Å². The number of carbonyl (C=O) groups excluding carboxylic acids is 1. The molecule has 1 atom stereocenters. The van der Waals surface area contributed by atoms with Crippen LogP contribution in [0, 0.1) is 6.92 Å². The first-order valence-electron chi connectivity index (χ1n) is 11.7. The zero-order valence-corrected chi connectivity index (χ0v) is 20.7. The Morgan fingerprint density at radius 3 is 2.75 bits per heavy atom. The van der Waals surface area contributed by atoms with Crippen molar-refractivity contribution in [3.8, 4) is 11.4 Å². The third-order valence-electron chi connectivity index (χ3n) is 6.85. The van der Waals surface area contributed by atoms with E-state index in [1.54, 1.807) is 35.4 Å². The van der Waals surface area contributed by atoms with E-state index in [1.165, 1.54) is 6.26 Å². The Labute approximate surface area is 208 Å². The molecule has 0 bridgehead atoms. The fourth-order valence-corrected chi connectivity index (χ4v) is 5.57. The molecule has 1 amide bonds. The third kappa shape index (κ3) is 3.73. The number of fused-ring (bicyclic) bond motifs is 4. The quantitative estimate of drug-likeness (QED) is 0.456. The van der Waals surface area contributed by atoms with Crippen molar-refractivity contribution in [1.82, 2.24) is 15.0 Å². The molecule has 1 N–H and O–H groups in total. The molecule has 1 unspecified atom stereocenters. The number of para-hydroxylation sites is 1. The third-order valence-corrected chi connectivity index (χ3v) is 7.98. The molecule has 9 nitrogen and oxygen atoms in total. The van der Waals surface area contributed by atoms with Gasteiger partial charge in [0.25, 0.3) is 5.91 Å². The highest BCUT2D eigenvalue weighted by atomic mass is 32.2. The lowest BCUT2D eigenvalue weighted by Gasteiger charge is -2.43. The van der Waals surface area contributed by atoms with Crippen LogP contribution >= 0.6 is 0 Å². The second-order valence-electron chi connectivity index (χ2n) is 9.23. The Morgan fingerprint density at radius 2 is 1.97 bits per heavy atom. The minimum absolute atomic E-state index is 0.0894. The molecule has 2 aliphatic rings. The summed E-state index contributed by atoms with van der Waals surface area (Å²) >= 11 is 0. The van der Waals surface area contributed by atoms with Crippen molar-refractivity contribution in [3.63, 3.8) is 0 Å². The number of aryl methyl sites for hydroxylation is 1. The normalized spacial score (nSPS) is 17.8. The van der Waals surface area contributed by atoms with Crippen LogP contribution in [0.1, 0.15) is 11.1 Å². The number of hydrogen-bond acceptors (Lipinski definition) is 7. The zero-order chi connectivity index (χ0) is 25.0. The summed E-state index contributed by atoms with van der Waals surface area (Å²) in [6.45, 7) is 3.69. The van der Waals surface area contributed by atoms with Crippen molar-refractivity contribution < 1.29 is 17.9 Å². The number of sulfone groups is 1. The molecular formula is C26H25N5O4S. The van der Waals surface area contributed by atoms with Gasteiger partial charge in [-0.2, -0.15) is 0 Å². The summed E-state index contributed by atoms with van der Waals surface area (Å²) < 4.78 is 29.3. The molecule has 4 heterocycles. The van der Waals surface area contributed by atoms with Crippen LogP contribution in [0.2, 0.25) is 0 Å². The molecule has 1 saturated heterocycles. The number of benzene rings is 2. The van der Waals surface area contributed by atoms with Gasteiger partial charge in [0.2, 0.25) is 0 Å². The van der Waals surface area contributed by atoms with Crippen molar-refractivity contribution in [1.29, 1.82) is 0 Å². The Morgan fingerprint density at radius 1 is 1.17 bits per heavy atom. The number of nitrogens with zero attached hydrogens (tertiary/aromatic N) is 4. The van der Waals surface area contributed by atoms with Gasteiger partial charge >= 0.3 is 0 Å². The number of morpholine rings is 1. The molecule has 1 fully saturated rings. The largest absolute Gasteiger partial charge is 0.377 e. The van der Waals surface area contributed by atoms with Crippen LogP contribution in [0.15, 0.2) is 59.8 Å². The summed E-state index contributed by atoms with van der Waals surface area (Å²) in [6.07, 6.45) is 4.81. The summed E-state index contributed by atoms with van der Waals surface area (Å²) in [5, 5.41) is 1.04. The first-order valence-corrected chi connectivity index (χ1v) is 13.6. The van der Waals surface area contributed by atoms with Crippen LogP contribution in [-0.2, 0) is 25.9 Å². The van der Waals surface area contributed by atoms with E-state index in [9.17, 15) is 13.2 Å². The Kier molecular flexibility index (Phi) is 5.31. The summed E-state index contributed by atoms with van der Waals surface area (Å²) in [5.41, 5.74) is 4.53. The highest BCUT2D eigenvalue weighted by molar-refractivity contribution is 7.90. The number of aromatic amines is 1. The minimum atomic E-state index is -3.30. The highest BCUT2D eigenvalue weighted by Gasteiger charge is 2.41. The van der Waals surface area contributed by atoms with E-state index in [0.29, 0.717) is 30.5 Å². The Balaban J connectivity index is 1.42. The molecule has 6 rings (SSSR count). The van der Waals surface area contributed by atoms with Gasteiger partial charge in [-0.3, -0.25) is 4.79 Å². The van der Waals surface area contributed by atoms with Crippen molar-refractivity contribution in [2.75, 3.05) is 35.8 Å². The molecule has 0 radical (unpaired) electrons. The number of H-pyrrole nitrogens is 1. The second-order valence-corrected chi connectivity index (χ2v) is 11.2. The maximum absolute atomic E-state index is 13.5. The number of ether oxygens (including phenoxy) is 1. The van der Waals surface area contributed by atoms with Gasteiger partial charge in [-0.1, -0.05) is 30.3 Å². The van der Waals surface area contributed by atoms with Crippen LogP contribution in [0.25, 0.3) is 22.3 Å². The summed E-state index contributed by atoms with van der Waals surface area (Å²) in [5.74, 6) is 1.19. The van der Waals surface area contributed by atoms with Crippen molar-refractivity contribution in [2.24, 2.45) is 0 Å². The van der Waals surface area contributed by atoms with E-state index in [2.05, 4.69) is 23.0 Å². The lowest BCUT2D eigenvalue weighted by Crippen LogP contribution is -2.58. The monoisotopic (exact) mass is 503 g/mol.